The number of hydrogen-bond acceptors (Lipinski definition) is 3. The second-order valence-electron chi connectivity index (χ2n) is 9.63. The zero-order valence-electron chi connectivity index (χ0n) is 21.7. The van der Waals surface area contributed by atoms with Gasteiger partial charge in [-0.15, -0.1) is 0 Å². The standard InChI is InChI=1S/C30H47FN2O/c1-3-5-7-9-10-11-12-13-14-15-17-26-23-32-30(33-24-26)27-19-21-29(22-20-27)34-25-28(31)18-16-8-6-4-2/h19-24,28H,3-18,25H2,1-2H3. The van der Waals surface area contributed by atoms with E-state index in [2.05, 4.69) is 23.8 Å². The molecule has 2 aromatic rings. The zero-order chi connectivity index (χ0) is 24.3. The molecule has 0 N–H and O–H groups in total. The summed E-state index contributed by atoms with van der Waals surface area (Å²) in [7, 11) is 0. The molecule has 0 fully saturated rings. The van der Waals surface area contributed by atoms with Crippen LogP contribution in [0.5, 0.6) is 5.75 Å². The highest BCUT2D eigenvalue weighted by molar-refractivity contribution is 5.55. The minimum atomic E-state index is -0.900. The second-order valence-corrected chi connectivity index (χ2v) is 9.63. The Morgan fingerprint density at radius 3 is 1.82 bits per heavy atom. The zero-order valence-corrected chi connectivity index (χ0v) is 21.7. The molecule has 0 saturated heterocycles. The maximum atomic E-state index is 14.0. The Labute approximate surface area is 208 Å². The van der Waals surface area contributed by atoms with Gasteiger partial charge in [0.2, 0.25) is 0 Å². The summed E-state index contributed by atoms with van der Waals surface area (Å²) < 4.78 is 19.6. The molecule has 2 rings (SSSR count). The molecule has 0 aliphatic carbocycles. The highest BCUT2D eigenvalue weighted by Gasteiger charge is 2.08. The molecule has 0 spiro atoms. The summed E-state index contributed by atoms with van der Waals surface area (Å²) in [4.78, 5) is 9.11. The van der Waals surface area contributed by atoms with E-state index >= 15 is 0 Å². The van der Waals surface area contributed by atoms with E-state index in [-0.39, 0.29) is 6.61 Å². The number of rotatable bonds is 20. The summed E-state index contributed by atoms with van der Waals surface area (Å²) in [6.07, 6.45) is 22.5. The van der Waals surface area contributed by atoms with Crippen LogP contribution in [0.15, 0.2) is 36.7 Å². The topological polar surface area (TPSA) is 35.0 Å². The summed E-state index contributed by atoms with van der Waals surface area (Å²) in [5.41, 5.74) is 2.16. The summed E-state index contributed by atoms with van der Waals surface area (Å²) in [6, 6.07) is 7.64. The molecule has 34 heavy (non-hydrogen) atoms. The van der Waals surface area contributed by atoms with Crippen LogP contribution in [0.2, 0.25) is 0 Å². The van der Waals surface area contributed by atoms with Crippen LogP contribution in [0.4, 0.5) is 4.39 Å². The fraction of sp³-hybridized carbons (Fsp3) is 0.667. The summed E-state index contributed by atoms with van der Waals surface area (Å²) in [5.74, 6) is 1.41. The number of ether oxygens (including phenoxy) is 1. The van der Waals surface area contributed by atoms with Crippen LogP contribution in [0, 0.1) is 0 Å². The van der Waals surface area contributed by atoms with Crippen molar-refractivity contribution in [3.63, 3.8) is 0 Å². The lowest BCUT2D eigenvalue weighted by Crippen LogP contribution is -2.12. The molecule has 1 aromatic carbocycles. The highest BCUT2D eigenvalue weighted by atomic mass is 19.1. The monoisotopic (exact) mass is 470 g/mol. The largest absolute Gasteiger partial charge is 0.491 e. The maximum absolute atomic E-state index is 14.0. The Bertz CT molecular complexity index is 732. The lowest BCUT2D eigenvalue weighted by molar-refractivity contribution is 0.184. The van der Waals surface area contributed by atoms with Crippen LogP contribution in [0.3, 0.4) is 0 Å². The van der Waals surface area contributed by atoms with Crippen molar-refractivity contribution in [2.75, 3.05) is 6.61 Å². The summed E-state index contributed by atoms with van der Waals surface area (Å²) in [5, 5.41) is 0. The van der Waals surface area contributed by atoms with Gasteiger partial charge in [0.05, 0.1) is 0 Å². The van der Waals surface area contributed by atoms with Crippen molar-refractivity contribution in [3.05, 3.63) is 42.2 Å². The average Bonchev–Trinajstić information content (AvgIpc) is 2.87. The molecule has 0 amide bonds. The first-order chi connectivity index (χ1) is 16.7. The maximum Gasteiger partial charge on any atom is 0.159 e. The third kappa shape index (κ3) is 12.5. The molecule has 0 bridgehead atoms. The number of unbranched alkanes of at least 4 members (excludes halogenated alkanes) is 12. The molecule has 3 nitrogen and oxygen atoms in total. The van der Waals surface area contributed by atoms with Crippen molar-refractivity contribution in [1.29, 1.82) is 0 Å². The smallest absolute Gasteiger partial charge is 0.159 e. The van der Waals surface area contributed by atoms with Gasteiger partial charge in [0.1, 0.15) is 18.5 Å². The van der Waals surface area contributed by atoms with E-state index in [4.69, 9.17) is 4.74 Å². The molecule has 0 aliphatic rings. The SMILES string of the molecule is CCCCCCCCCCCCc1cnc(-c2ccc(OCC(F)CCCCCC)cc2)nc1. The predicted octanol–water partition coefficient (Wildman–Crippen LogP) is 9.29. The lowest BCUT2D eigenvalue weighted by atomic mass is 10.0. The van der Waals surface area contributed by atoms with Gasteiger partial charge in [0.15, 0.2) is 5.82 Å². The Kier molecular flexibility index (Phi) is 15.3. The van der Waals surface area contributed by atoms with Crippen molar-refractivity contribution in [2.45, 2.75) is 123 Å². The molecule has 0 aliphatic heterocycles. The number of alkyl halides is 1. The Morgan fingerprint density at radius 2 is 1.24 bits per heavy atom. The van der Waals surface area contributed by atoms with Crippen molar-refractivity contribution >= 4 is 0 Å². The van der Waals surface area contributed by atoms with Crippen LogP contribution in [-0.2, 0) is 6.42 Å². The van der Waals surface area contributed by atoms with Crippen molar-refractivity contribution in [3.8, 4) is 17.1 Å². The van der Waals surface area contributed by atoms with Gasteiger partial charge in [-0.3, -0.25) is 0 Å². The van der Waals surface area contributed by atoms with E-state index in [1.54, 1.807) is 0 Å². The van der Waals surface area contributed by atoms with Gasteiger partial charge in [0, 0.05) is 18.0 Å². The van der Waals surface area contributed by atoms with Crippen LogP contribution >= 0.6 is 0 Å². The Morgan fingerprint density at radius 1 is 0.706 bits per heavy atom. The van der Waals surface area contributed by atoms with Gasteiger partial charge in [-0.2, -0.15) is 0 Å². The number of benzene rings is 1. The van der Waals surface area contributed by atoms with Crippen molar-refractivity contribution in [2.24, 2.45) is 0 Å². The first-order valence-electron chi connectivity index (χ1n) is 13.9. The fourth-order valence-corrected chi connectivity index (χ4v) is 4.21. The number of aryl methyl sites for hydroxylation is 1. The third-order valence-corrected chi connectivity index (χ3v) is 6.44. The van der Waals surface area contributed by atoms with Crippen LogP contribution < -0.4 is 4.74 Å². The van der Waals surface area contributed by atoms with Crippen LogP contribution in [-0.4, -0.2) is 22.7 Å². The van der Waals surface area contributed by atoms with Crippen molar-refractivity contribution < 1.29 is 9.13 Å². The molecule has 1 aromatic heterocycles. The van der Waals surface area contributed by atoms with E-state index in [9.17, 15) is 4.39 Å². The number of halogens is 1. The molecular formula is C30H47FN2O. The van der Waals surface area contributed by atoms with Crippen molar-refractivity contribution in [1.82, 2.24) is 9.97 Å². The molecule has 4 heteroatoms. The van der Waals surface area contributed by atoms with Gasteiger partial charge >= 0.3 is 0 Å². The van der Waals surface area contributed by atoms with E-state index in [1.165, 1.54) is 82.6 Å². The normalized spacial score (nSPS) is 12.1. The minimum absolute atomic E-state index is 0.121. The van der Waals surface area contributed by atoms with E-state index in [0.717, 1.165) is 30.7 Å². The summed E-state index contributed by atoms with van der Waals surface area (Å²) in [6.45, 7) is 4.56. The highest BCUT2D eigenvalue weighted by Crippen LogP contribution is 2.20. The molecule has 1 atom stereocenters. The van der Waals surface area contributed by atoms with E-state index in [0.29, 0.717) is 12.2 Å². The second kappa shape index (κ2) is 18.4. The minimum Gasteiger partial charge on any atom is -0.491 e. The Hall–Kier alpha value is -1.97. The number of hydrogen-bond donors (Lipinski definition) is 0. The molecular weight excluding hydrogens is 423 g/mol. The summed E-state index contributed by atoms with van der Waals surface area (Å²) >= 11 is 0. The number of aromatic nitrogens is 2. The third-order valence-electron chi connectivity index (χ3n) is 6.44. The fourth-order valence-electron chi connectivity index (χ4n) is 4.21. The van der Waals surface area contributed by atoms with Gasteiger partial charge < -0.3 is 4.74 Å². The van der Waals surface area contributed by atoms with E-state index in [1.807, 2.05) is 36.7 Å². The first-order valence-corrected chi connectivity index (χ1v) is 13.9. The predicted molar refractivity (Wildman–Crippen MR) is 142 cm³/mol. The van der Waals surface area contributed by atoms with E-state index < -0.39 is 6.17 Å². The van der Waals surface area contributed by atoms with Gasteiger partial charge in [-0.25, -0.2) is 14.4 Å². The average molecular weight is 471 g/mol. The number of nitrogens with zero attached hydrogens (tertiary/aromatic N) is 2. The van der Waals surface area contributed by atoms with Gasteiger partial charge in [-0.05, 0) is 49.1 Å². The Balaban J connectivity index is 1.61. The van der Waals surface area contributed by atoms with Gasteiger partial charge in [0.25, 0.3) is 0 Å². The van der Waals surface area contributed by atoms with Gasteiger partial charge in [-0.1, -0.05) is 97.3 Å². The van der Waals surface area contributed by atoms with Crippen LogP contribution in [0.25, 0.3) is 11.4 Å². The first kappa shape index (κ1) is 28.3. The molecule has 1 heterocycles. The lowest BCUT2D eigenvalue weighted by Gasteiger charge is -2.11. The molecule has 1 unspecified atom stereocenters. The van der Waals surface area contributed by atoms with Crippen LogP contribution in [0.1, 0.15) is 116 Å². The quantitative estimate of drug-likeness (QED) is 0.181. The molecule has 0 radical (unpaired) electrons. The molecule has 190 valence electrons. The molecule has 0 saturated carbocycles.